The van der Waals surface area contributed by atoms with Gasteiger partial charge in [0.05, 0.1) is 4.90 Å². The van der Waals surface area contributed by atoms with Crippen LogP contribution in [0.2, 0.25) is 0 Å². The van der Waals surface area contributed by atoms with Crippen LogP contribution in [-0.2, 0) is 16.6 Å². The number of hydrogen-bond donors (Lipinski definition) is 2. The van der Waals surface area contributed by atoms with Crippen molar-refractivity contribution in [1.82, 2.24) is 5.32 Å². The van der Waals surface area contributed by atoms with Crippen LogP contribution in [-0.4, -0.2) is 14.3 Å². The Labute approximate surface area is 149 Å². The first-order valence-corrected chi connectivity index (χ1v) is 9.85. The molecule has 5 nitrogen and oxygen atoms in total. The van der Waals surface area contributed by atoms with Gasteiger partial charge in [-0.1, -0.05) is 44.5 Å². The second kappa shape index (κ2) is 8.27. The zero-order valence-electron chi connectivity index (χ0n) is 14.5. The molecule has 6 heteroatoms. The molecule has 25 heavy (non-hydrogen) atoms. The van der Waals surface area contributed by atoms with E-state index in [4.69, 9.17) is 5.14 Å². The monoisotopic (exact) mass is 360 g/mol. The minimum Gasteiger partial charge on any atom is -0.348 e. The maximum absolute atomic E-state index is 12.1. The molecule has 0 aliphatic rings. The van der Waals surface area contributed by atoms with Gasteiger partial charge in [0.15, 0.2) is 0 Å². The maximum atomic E-state index is 12.1. The Morgan fingerprint density at radius 2 is 1.68 bits per heavy atom. The van der Waals surface area contributed by atoms with E-state index in [1.807, 2.05) is 12.1 Å². The van der Waals surface area contributed by atoms with E-state index < -0.39 is 10.0 Å². The van der Waals surface area contributed by atoms with Crippen molar-refractivity contribution in [3.05, 3.63) is 65.2 Å². The van der Waals surface area contributed by atoms with Crippen LogP contribution in [0.3, 0.4) is 0 Å². The van der Waals surface area contributed by atoms with Crippen LogP contribution in [0.15, 0.2) is 53.4 Å². The number of hydrogen-bond acceptors (Lipinski definition) is 3. The maximum Gasteiger partial charge on any atom is 0.251 e. The number of sulfonamides is 1. The van der Waals surface area contributed by atoms with Crippen molar-refractivity contribution in [3.8, 4) is 0 Å². The molecule has 0 aliphatic carbocycles. The summed E-state index contributed by atoms with van der Waals surface area (Å²) in [4.78, 5) is 12.1. The molecule has 1 amide bonds. The van der Waals surface area contributed by atoms with E-state index in [0.29, 0.717) is 18.0 Å². The van der Waals surface area contributed by atoms with Gasteiger partial charge in [-0.05, 0) is 47.7 Å². The van der Waals surface area contributed by atoms with E-state index in [2.05, 4.69) is 31.3 Å². The molecule has 0 saturated heterocycles. The molecule has 0 aromatic heterocycles. The standard InChI is InChI=1S/C19H24N2O3S/c1-3-4-14(2)16-7-5-15(6-8-16)13-21-19(22)17-9-11-18(12-10-17)25(20,23)24/h5-12,14H,3-4,13H2,1-2H3,(H,21,22)(H2,20,23,24). The predicted molar refractivity (Wildman–Crippen MR) is 98.8 cm³/mol. The lowest BCUT2D eigenvalue weighted by Crippen LogP contribution is -2.23. The van der Waals surface area contributed by atoms with Gasteiger partial charge < -0.3 is 5.32 Å². The van der Waals surface area contributed by atoms with E-state index in [1.54, 1.807) is 0 Å². The van der Waals surface area contributed by atoms with Crippen LogP contribution in [0.4, 0.5) is 0 Å². The Kier molecular flexibility index (Phi) is 6.33. The van der Waals surface area contributed by atoms with E-state index >= 15 is 0 Å². The number of nitrogens with two attached hydrogens (primary N) is 1. The van der Waals surface area contributed by atoms with Crippen LogP contribution in [0.1, 0.15) is 54.1 Å². The Morgan fingerprint density at radius 1 is 1.08 bits per heavy atom. The van der Waals surface area contributed by atoms with Gasteiger partial charge in [-0.25, -0.2) is 13.6 Å². The first-order chi connectivity index (χ1) is 11.8. The topological polar surface area (TPSA) is 89.3 Å². The highest BCUT2D eigenvalue weighted by Crippen LogP contribution is 2.20. The molecule has 0 heterocycles. The summed E-state index contributed by atoms with van der Waals surface area (Å²) in [7, 11) is -3.75. The largest absolute Gasteiger partial charge is 0.348 e. The SMILES string of the molecule is CCCC(C)c1ccc(CNC(=O)c2ccc(S(N)(=O)=O)cc2)cc1. The van der Waals surface area contributed by atoms with Crippen molar-refractivity contribution >= 4 is 15.9 Å². The van der Waals surface area contributed by atoms with Crippen molar-refractivity contribution in [1.29, 1.82) is 0 Å². The molecule has 134 valence electrons. The Balaban J connectivity index is 1.95. The molecule has 2 rings (SSSR count). The molecule has 1 atom stereocenters. The zero-order valence-corrected chi connectivity index (χ0v) is 15.3. The highest BCUT2D eigenvalue weighted by Gasteiger charge is 2.10. The minimum absolute atomic E-state index is 0.0131. The summed E-state index contributed by atoms with van der Waals surface area (Å²) in [5.74, 6) is 0.273. The summed E-state index contributed by atoms with van der Waals surface area (Å²) in [6.45, 7) is 4.81. The number of carbonyl (C=O) groups is 1. The molecule has 0 saturated carbocycles. The summed E-state index contributed by atoms with van der Waals surface area (Å²) >= 11 is 0. The van der Waals surface area contributed by atoms with Crippen LogP contribution < -0.4 is 10.5 Å². The molecule has 3 N–H and O–H groups in total. The van der Waals surface area contributed by atoms with Gasteiger partial charge in [0.25, 0.3) is 5.91 Å². The number of amides is 1. The summed E-state index contributed by atoms with van der Waals surface area (Å²) in [6, 6.07) is 13.8. The highest BCUT2D eigenvalue weighted by molar-refractivity contribution is 7.89. The second-order valence-corrected chi connectivity index (χ2v) is 7.74. The van der Waals surface area contributed by atoms with Gasteiger partial charge in [0.2, 0.25) is 10.0 Å². The van der Waals surface area contributed by atoms with Crippen LogP contribution >= 0.6 is 0 Å². The average Bonchev–Trinajstić information content (AvgIpc) is 2.59. The zero-order chi connectivity index (χ0) is 18.4. The average molecular weight is 360 g/mol. The fraction of sp³-hybridized carbons (Fsp3) is 0.316. The Bertz CT molecular complexity index is 813. The lowest BCUT2D eigenvalue weighted by molar-refractivity contribution is 0.0951. The minimum atomic E-state index is -3.75. The molecule has 2 aromatic carbocycles. The third-order valence-electron chi connectivity index (χ3n) is 4.17. The van der Waals surface area contributed by atoms with Crippen LogP contribution in [0.5, 0.6) is 0 Å². The van der Waals surface area contributed by atoms with Gasteiger partial charge in [-0.15, -0.1) is 0 Å². The van der Waals surface area contributed by atoms with Crippen molar-refractivity contribution in [2.45, 2.75) is 44.0 Å². The normalized spacial score (nSPS) is 12.6. The molecular weight excluding hydrogens is 336 g/mol. The number of rotatable bonds is 7. The molecule has 0 bridgehead atoms. The fourth-order valence-corrected chi connectivity index (χ4v) is 3.16. The second-order valence-electron chi connectivity index (χ2n) is 6.18. The number of benzene rings is 2. The van der Waals surface area contributed by atoms with E-state index in [0.717, 1.165) is 18.4 Å². The molecule has 0 aliphatic heterocycles. The van der Waals surface area contributed by atoms with Gasteiger partial charge in [-0.3, -0.25) is 4.79 Å². The van der Waals surface area contributed by atoms with E-state index in [1.165, 1.54) is 29.8 Å². The van der Waals surface area contributed by atoms with E-state index in [-0.39, 0.29) is 10.8 Å². The lowest BCUT2D eigenvalue weighted by Gasteiger charge is -2.11. The number of nitrogens with one attached hydrogen (secondary N) is 1. The summed E-state index contributed by atoms with van der Waals surface area (Å²) < 4.78 is 22.4. The molecular formula is C19H24N2O3S. The lowest BCUT2D eigenvalue weighted by atomic mass is 9.96. The third-order valence-corrected chi connectivity index (χ3v) is 5.10. The molecule has 1 unspecified atom stereocenters. The van der Waals surface area contributed by atoms with Gasteiger partial charge in [0, 0.05) is 12.1 Å². The van der Waals surface area contributed by atoms with Gasteiger partial charge >= 0.3 is 0 Å². The first kappa shape index (κ1) is 19.1. The number of carbonyl (C=O) groups excluding carboxylic acids is 1. The van der Waals surface area contributed by atoms with Gasteiger partial charge in [-0.2, -0.15) is 0 Å². The van der Waals surface area contributed by atoms with Crippen molar-refractivity contribution in [2.24, 2.45) is 5.14 Å². The summed E-state index contributed by atoms with van der Waals surface area (Å²) in [5, 5.41) is 7.87. The van der Waals surface area contributed by atoms with E-state index in [9.17, 15) is 13.2 Å². The Hall–Kier alpha value is -2.18. The smallest absolute Gasteiger partial charge is 0.251 e. The fourth-order valence-electron chi connectivity index (χ4n) is 2.64. The number of primary sulfonamides is 1. The quantitative estimate of drug-likeness (QED) is 0.795. The van der Waals surface area contributed by atoms with Gasteiger partial charge in [0.1, 0.15) is 0 Å². The third kappa shape index (κ3) is 5.41. The molecule has 2 aromatic rings. The predicted octanol–water partition coefficient (Wildman–Crippen LogP) is 3.17. The Morgan fingerprint density at radius 3 is 2.20 bits per heavy atom. The van der Waals surface area contributed by atoms with Crippen molar-refractivity contribution in [3.63, 3.8) is 0 Å². The molecule has 0 fully saturated rings. The van der Waals surface area contributed by atoms with Crippen LogP contribution in [0, 0.1) is 0 Å². The molecule has 0 spiro atoms. The summed E-state index contributed by atoms with van der Waals surface area (Å²) in [5.41, 5.74) is 2.71. The first-order valence-electron chi connectivity index (χ1n) is 8.31. The van der Waals surface area contributed by atoms with Crippen molar-refractivity contribution in [2.75, 3.05) is 0 Å². The van der Waals surface area contributed by atoms with Crippen molar-refractivity contribution < 1.29 is 13.2 Å². The molecule has 0 radical (unpaired) electrons. The highest BCUT2D eigenvalue weighted by atomic mass is 32.2. The summed E-state index contributed by atoms with van der Waals surface area (Å²) in [6.07, 6.45) is 2.31. The van der Waals surface area contributed by atoms with Crippen LogP contribution in [0.25, 0.3) is 0 Å².